The van der Waals surface area contributed by atoms with E-state index in [4.69, 9.17) is 4.74 Å². The van der Waals surface area contributed by atoms with Gasteiger partial charge in [-0.05, 0) is 62.2 Å². The first-order chi connectivity index (χ1) is 17.1. The van der Waals surface area contributed by atoms with Crippen LogP contribution in [0.2, 0.25) is 0 Å². The van der Waals surface area contributed by atoms with Crippen molar-refractivity contribution in [1.29, 1.82) is 0 Å². The standard InChI is InChI=1S/C28H29N5O2/c1-20-10-11-24(17-31-20)35-27-25(9-5-13-30-27)28(34)33-15-14-32(2)18-21(19-33)16-23-7-3-6-22-8-4-12-29-26(22)23/h3-13,17,21H,14-16,18-19H2,1-2H3/t21-/m1/s1. The summed E-state index contributed by atoms with van der Waals surface area (Å²) in [6, 6.07) is 17.6. The lowest BCUT2D eigenvalue weighted by atomic mass is 9.96. The van der Waals surface area contributed by atoms with Gasteiger partial charge in [0.25, 0.3) is 5.91 Å². The lowest BCUT2D eigenvalue weighted by Crippen LogP contribution is -2.36. The number of hydrogen-bond acceptors (Lipinski definition) is 6. The van der Waals surface area contributed by atoms with Gasteiger partial charge < -0.3 is 14.5 Å². The Kier molecular flexibility index (Phi) is 6.68. The fraction of sp³-hybridized carbons (Fsp3) is 0.286. The quantitative estimate of drug-likeness (QED) is 0.434. The summed E-state index contributed by atoms with van der Waals surface area (Å²) >= 11 is 0. The molecule has 0 N–H and O–H groups in total. The molecule has 7 heteroatoms. The van der Waals surface area contributed by atoms with E-state index in [1.807, 2.05) is 36.2 Å². The minimum Gasteiger partial charge on any atom is -0.437 e. The van der Waals surface area contributed by atoms with Crippen LogP contribution in [0.4, 0.5) is 0 Å². The van der Waals surface area contributed by atoms with Crippen molar-refractivity contribution in [3.63, 3.8) is 0 Å². The SMILES string of the molecule is Cc1ccc(Oc2ncccc2C(=O)N2CCN(C)C[C@@H](Cc3cccc4cccnc34)C2)cn1. The summed E-state index contributed by atoms with van der Waals surface area (Å²) in [6.07, 6.45) is 5.98. The lowest BCUT2D eigenvalue weighted by molar-refractivity contribution is 0.0743. The number of para-hydroxylation sites is 1. The molecule has 4 aromatic rings. The van der Waals surface area contributed by atoms with Crippen LogP contribution < -0.4 is 4.74 Å². The topological polar surface area (TPSA) is 71.5 Å². The average molecular weight is 468 g/mol. The van der Waals surface area contributed by atoms with E-state index in [1.54, 1.807) is 24.5 Å². The number of fused-ring (bicyclic) bond motifs is 1. The van der Waals surface area contributed by atoms with Crippen LogP contribution in [0.1, 0.15) is 21.6 Å². The highest BCUT2D eigenvalue weighted by Crippen LogP contribution is 2.26. The molecule has 4 heterocycles. The number of likely N-dealkylation sites (N-methyl/N-ethyl adjacent to an activating group) is 1. The van der Waals surface area contributed by atoms with Crippen molar-refractivity contribution >= 4 is 16.8 Å². The molecule has 0 radical (unpaired) electrons. The Labute approximate surface area is 205 Å². The van der Waals surface area contributed by atoms with Gasteiger partial charge in [-0.3, -0.25) is 14.8 Å². The number of hydrogen-bond donors (Lipinski definition) is 0. The third-order valence-corrected chi connectivity index (χ3v) is 6.41. The molecular formula is C28H29N5O2. The summed E-state index contributed by atoms with van der Waals surface area (Å²) in [7, 11) is 2.12. The molecular weight excluding hydrogens is 438 g/mol. The number of amides is 1. The second-order valence-corrected chi connectivity index (χ2v) is 9.17. The van der Waals surface area contributed by atoms with Crippen molar-refractivity contribution in [2.75, 3.05) is 33.2 Å². The number of benzene rings is 1. The number of aromatic nitrogens is 3. The van der Waals surface area contributed by atoms with Crippen LogP contribution in [0.5, 0.6) is 11.6 Å². The molecule has 1 aliphatic heterocycles. The summed E-state index contributed by atoms with van der Waals surface area (Å²) in [4.78, 5) is 31.2. The predicted octanol–water partition coefficient (Wildman–Crippen LogP) is 4.37. The smallest absolute Gasteiger partial charge is 0.259 e. The van der Waals surface area contributed by atoms with Crippen LogP contribution in [0.15, 0.2) is 73.2 Å². The van der Waals surface area contributed by atoms with E-state index in [0.717, 1.165) is 36.1 Å². The second kappa shape index (κ2) is 10.2. The molecule has 5 rings (SSSR count). The number of nitrogens with zero attached hydrogens (tertiary/aromatic N) is 5. The van der Waals surface area contributed by atoms with Crippen molar-refractivity contribution in [2.24, 2.45) is 5.92 Å². The molecule has 0 saturated carbocycles. The van der Waals surface area contributed by atoms with Crippen molar-refractivity contribution < 1.29 is 9.53 Å². The monoisotopic (exact) mass is 467 g/mol. The molecule has 1 amide bonds. The van der Waals surface area contributed by atoms with Crippen molar-refractivity contribution in [2.45, 2.75) is 13.3 Å². The molecule has 0 unspecified atom stereocenters. The summed E-state index contributed by atoms with van der Waals surface area (Å²) in [5.74, 6) is 1.07. The molecule has 1 aromatic carbocycles. The number of carbonyl (C=O) groups is 1. The van der Waals surface area contributed by atoms with Gasteiger partial charge in [0, 0.05) is 49.7 Å². The fourth-order valence-electron chi connectivity index (χ4n) is 4.67. The van der Waals surface area contributed by atoms with Gasteiger partial charge in [-0.15, -0.1) is 0 Å². The van der Waals surface area contributed by atoms with E-state index >= 15 is 0 Å². The van der Waals surface area contributed by atoms with Gasteiger partial charge in [-0.1, -0.05) is 24.3 Å². The van der Waals surface area contributed by atoms with Crippen LogP contribution in [0.25, 0.3) is 10.9 Å². The van der Waals surface area contributed by atoms with Crippen LogP contribution in [0, 0.1) is 12.8 Å². The Hall–Kier alpha value is -3.84. The number of rotatable bonds is 5. The Balaban J connectivity index is 1.38. The Bertz CT molecular complexity index is 1320. The zero-order valence-electron chi connectivity index (χ0n) is 20.1. The molecule has 1 aliphatic rings. The molecule has 178 valence electrons. The third-order valence-electron chi connectivity index (χ3n) is 6.41. The van der Waals surface area contributed by atoms with Gasteiger partial charge in [0.05, 0.1) is 11.7 Å². The largest absolute Gasteiger partial charge is 0.437 e. The maximum Gasteiger partial charge on any atom is 0.259 e. The molecule has 1 fully saturated rings. The third kappa shape index (κ3) is 5.30. The molecule has 3 aromatic heterocycles. The number of carbonyl (C=O) groups excluding carboxylic acids is 1. The second-order valence-electron chi connectivity index (χ2n) is 9.17. The van der Waals surface area contributed by atoms with Crippen molar-refractivity contribution in [1.82, 2.24) is 24.8 Å². The lowest BCUT2D eigenvalue weighted by Gasteiger charge is -2.25. The van der Waals surface area contributed by atoms with Crippen LogP contribution in [-0.4, -0.2) is 63.9 Å². The maximum absolute atomic E-state index is 13.7. The fourth-order valence-corrected chi connectivity index (χ4v) is 4.67. The Morgan fingerprint density at radius 2 is 1.80 bits per heavy atom. The zero-order chi connectivity index (χ0) is 24.2. The molecule has 0 spiro atoms. The van der Waals surface area contributed by atoms with E-state index in [2.05, 4.69) is 51.2 Å². The Morgan fingerprint density at radius 1 is 0.971 bits per heavy atom. The van der Waals surface area contributed by atoms with Gasteiger partial charge in [0.1, 0.15) is 11.3 Å². The van der Waals surface area contributed by atoms with Crippen molar-refractivity contribution in [3.05, 3.63) is 90.0 Å². The van der Waals surface area contributed by atoms with E-state index < -0.39 is 0 Å². The van der Waals surface area contributed by atoms with Gasteiger partial charge in [0.15, 0.2) is 0 Å². The van der Waals surface area contributed by atoms with Gasteiger partial charge >= 0.3 is 0 Å². The first-order valence-corrected chi connectivity index (χ1v) is 11.9. The van der Waals surface area contributed by atoms with Crippen LogP contribution >= 0.6 is 0 Å². The zero-order valence-corrected chi connectivity index (χ0v) is 20.1. The first kappa shape index (κ1) is 22.9. The van der Waals surface area contributed by atoms with Gasteiger partial charge in [0.2, 0.25) is 5.88 Å². The highest BCUT2D eigenvalue weighted by Gasteiger charge is 2.28. The van der Waals surface area contributed by atoms with E-state index in [9.17, 15) is 4.79 Å². The average Bonchev–Trinajstić information content (AvgIpc) is 3.06. The van der Waals surface area contributed by atoms with E-state index in [-0.39, 0.29) is 11.8 Å². The highest BCUT2D eigenvalue weighted by atomic mass is 16.5. The normalized spacial score (nSPS) is 16.7. The summed E-state index contributed by atoms with van der Waals surface area (Å²) in [5, 5.41) is 1.14. The number of pyridine rings is 3. The molecule has 1 saturated heterocycles. The molecule has 1 atom stereocenters. The van der Waals surface area contributed by atoms with Crippen LogP contribution in [0.3, 0.4) is 0 Å². The summed E-state index contributed by atoms with van der Waals surface area (Å²) in [5.41, 5.74) is 3.61. The highest BCUT2D eigenvalue weighted by molar-refractivity contribution is 5.96. The molecule has 0 bridgehead atoms. The molecule has 7 nitrogen and oxygen atoms in total. The number of ether oxygens (including phenoxy) is 1. The number of aryl methyl sites for hydroxylation is 1. The Morgan fingerprint density at radius 3 is 2.66 bits per heavy atom. The first-order valence-electron chi connectivity index (χ1n) is 11.9. The summed E-state index contributed by atoms with van der Waals surface area (Å²) in [6.45, 7) is 4.96. The minimum atomic E-state index is -0.0653. The van der Waals surface area contributed by atoms with Crippen LogP contribution in [-0.2, 0) is 6.42 Å². The molecule has 0 aliphatic carbocycles. The maximum atomic E-state index is 13.7. The molecule has 35 heavy (non-hydrogen) atoms. The van der Waals surface area contributed by atoms with E-state index in [0.29, 0.717) is 30.3 Å². The van der Waals surface area contributed by atoms with Gasteiger partial charge in [-0.25, -0.2) is 4.98 Å². The van der Waals surface area contributed by atoms with Crippen molar-refractivity contribution in [3.8, 4) is 11.6 Å². The summed E-state index contributed by atoms with van der Waals surface area (Å²) < 4.78 is 5.96. The minimum absolute atomic E-state index is 0.0653. The predicted molar refractivity (Wildman–Crippen MR) is 136 cm³/mol. The van der Waals surface area contributed by atoms with E-state index in [1.165, 1.54) is 5.56 Å². The van der Waals surface area contributed by atoms with Gasteiger partial charge in [-0.2, -0.15) is 0 Å².